The van der Waals surface area contributed by atoms with E-state index in [2.05, 4.69) is 0 Å². The molecule has 3 nitrogen and oxygen atoms in total. The normalized spacial score (nSPS) is 14.2. The van der Waals surface area contributed by atoms with E-state index >= 15 is 0 Å². The third-order valence-electron chi connectivity index (χ3n) is 4.48. The van der Waals surface area contributed by atoms with Gasteiger partial charge in [0.1, 0.15) is 6.61 Å². The summed E-state index contributed by atoms with van der Waals surface area (Å²) < 4.78 is 11.5. The SMILES string of the molecule is COc1cccc(/C=C2/Sc3ccccc3C2=O)c1OCc1ccc(Cl)cc1Cl. The molecule has 146 valence electrons. The predicted octanol–water partition coefficient (Wildman–Crippen LogP) is 6.91. The molecule has 1 heterocycles. The summed E-state index contributed by atoms with van der Waals surface area (Å²) in [7, 11) is 1.58. The Labute approximate surface area is 183 Å². The minimum atomic E-state index is 0.0140. The highest BCUT2D eigenvalue weighted by molar-refractivity contribution is 8.04. The molecule has 0 aliphatic carbocycles. The van der Waals surface area contributed by atoms with Gasteiger partial charge in [-0.25, -0.2) is 0 Å². The minimum absolute atomic E-state index is 0.0140. The highest BCUT2D eigenvalue weighted by Crippen LogP contribution is 2.42. The fourth-order valence-electron chi connectivity index (χ4n) is 3.03. The van der Waals surface area contributed by atoms with Crippen molar-refractivity contribution in [1.82, 2.24) is 0 Å². The van der Waals surface area contributed by atoms with Crippen LogP contribution in [-0.4, -0.2) is 12.9 Å². The second-order valence-corrected chi connectivity index (χ2v) is 8.27. The van der Waals surface area contributed by atoms with Crippen LogP contribution in [0.2, 0.25) is 10.0 Å². The maximum Gasteiger partial charge on any atom is 0.200 e. The Morgan fingerprint density at radius 1 is 1.03 bits per heavy atom. The summed E-state index contributed by atoms with van der Waals surface area (Å²) in [5.41, 5.74) is 2.29. The fourth-order valence-corrected chi connectivity index (χ4v) is 4.53. The first-order valence-electron chi connectivity index (χ1n) is 8.84. The topological polar surface area (TPSA) is 35.5 Å². The van der Waals surface area contributed by atoms with Crippen molar-refractivity contribution in [3.8, 4) is 11.5 Å². The van der Waals surface area contributed by atoms with Crippen molar-refractivity contribution in [2.45, 2.75) is 11.5 Å². The quantitative estimate of drug-likeness (QED) is 0.402. The van der Waals surface area contributed by atoms with Gasteiger partial charge in [0.05, 0.1) is 12.0 Å². The molecule has 0 N–H and O–H groups in total. The number of ether oxygens (including phenoxy) is 2. The van der Waals surface area contributed by atoms with E-state index in [0.717, 1.165) is 21.6 Å². The van der Waals surface area contributed by atoms with Crippen molar-refractivity contribution in [1.29, 1.82) is 0 Å². The lowest BCUT2D eigenvalue weighted by atomic mass is 10.1. The molecule has 1 aliphatic rings. The van der Waals surface area contributed by atoms with Gasteiger partial charge in [-0.05, 0) is 36.4 Å². The molecule has 29 heavy (non-hydrogen) atoms. The van der Waals surface area contributed by atoms with Crippen molar-refractivity contribution in [3.63, 3.8) is 0 Å². The number of methoxy groups -OCH3 is 1. The third kappa shape index (κ3) is 4.15. The molecular weight excluding hydrogens is 427 g/mol. The second-order valence-electron chi connectivity index (χ2n) is 6.34. The molecule has 0 bridgehead atoms. The summed E-state index contributed by atoms with van der Waals surface area (Å²) in [6.07, 6.45) is 1.84. The van der Waals surface area contributed by atoms with Crippen LogP contribution in [0, 0.1) is 0 Å². The van der Waals surface area contributed by atoms with Crippen LogP contribution >= 0.6 is 35.0 Å². The van der Waals surface area contributed by atoms with Gasteiger partial charge in [-0.15, -0.1) is 0 Å². The number of benzene rings is 3. The van der Waals surface area contributed by atoms with Gasteiger partial charge < -0.3 is 9.47 Å². The zero-order valence-corrected chi connectivity index (χ0v) is 17.8. The number of hydrogen-bond donors (Lipinski definition) is 0. The lowest BCUT2D eigenvalue weighted by Gasteiger charge is -2.14. The summed E-state index contributed by atoms with van der Waals surface area (Å²) in [6, 6.07) is 18.4. The third-order valence-corrected chi connectivity index (χ3v) is 6.16. The van der Waals surface area contributed by atoms with Crippen molar-refractivity contribution in [3.05, 3.63) is 92.3 Å². The number of para-hydroxylation sites is 1. The first-order valence-corrected chi connectivity index (χ1v) is 10.4. The summed E-state index contributed by atoms with van der Waals surface area (Å²) in [5, 5.41) is 1.10. The van der Waals surface area contributed by atoms with Gasteiger partial charge in [-0.2, -0.15) is 0 Å². The van der Waals surface area contributed by atoms with E-state index in [4.69, 9.17) is 32.7 Å². The van der Waals surface area contributed by atoms with E-state index in [1.165, 1.54) is 11.8 Å². The summed E-state index contributed by atoms with van der Waals surface area (Å²) >= 11 is 13.7. The van der Waals surface area contributed by atoms with E-state index in [9.17, 15) is 4.79 Å². The molecule has 0 radical (unpaired) electrons. The van der Waals surface area contributed by atoms with Gasteiger partial charge in [0.25, 0.3) is 0 Å². The van der Waals surface area contributed by atoms with E-state index in [-0.39, 0.29) is 12.4 Å². The second kappa shape index (κ2) is 8.54. The number of halogens is 2. The number of rotatable bonds is 5. The van der Waals surface area contributed by atoms with Crippen LogP contribution in [0.15, 0.2) is 70.5 Å². The number of allylic oxidation sites excluding steroid dienone is 1. The van der Waals surface area contributed by atoms with Crippen molar-refractivity contribution in [2.24, 2.45) is 0 Å². The molecule has 0 saturated heterocycles. The molecule has 0 fully saturated rings. The Hall–Kier alpha value is -2.40. The molecule has 0 spiro atoms. The highest BCUT2D eigenvalue weighted by atomic mass is 35.5. The number of fused-ring (bicyclic) bond motifs is 1. The minimum Gasteiger partial charge on any atom is -0.493 e. The smallest absolute Gasteiger partial charge is 0.200 e. The van der Waals surface area contributed by atoms with Crippen molar-refractivity contribution in [2.75, 3.05) is 7.11 Å². The van der Waals surface area contributed by atoms with E-state index in [1.807, 2.05) is 54.6 Å². The molecule has 3 aromatic carbocycles. The lowest BCUT2D eigenvalue weighted by molar-refractivity contribution is 0.104. The van der Waals surface area contributed by atoms with E-state index in [0.29, 0.717) is 26.4 Å². The first kappa shape index (κ1) is 19.9. The Kier molecular flexibility index (Phi) is 5.86. The molecule has 0 saturated carbocycles. The highest BCUT2D eigenvalue weighted by Gasteiger charge is 2.26. The summed E-state index contributed by atoms with van der Waals surface area (Å²) in [6.45, 7) is 0.244. The van der Waals surface area contributed by atoms with Gasteiger partial charge >= 0.3 is 0 Å². The number of ketones is 1. The summed E-state index contributed by atoms with van der Waals surface area (Å²) in [4.78, 5) is 14.3. The number of hydrogen-bond acceptors (Lipinski definition) is 4. The largest absolute Gasteiger partial charge is 0.493 e. The number of carbonyl (C=O) groups is 1. The van der Waals surface area contributed by atoms with Crippen molar-refractivity contribution < 1.29 is 14.3 Å². The molecule has 0 aromatic heterocycles. The Morgan fingerprint density at radius 2 is 1.86 bits per heavy atom. The Bertz CT molecular complexity index is 1120. The van der Waals surface area contributed by atoms with Gasteiger partial charge in [-0.3, -0.25) is 4.79 Å². The van der Waals surface area contributed by atoms with Gasteiger partial charge in [0.15, 0.2) is 11.5 Å². The zero-order valence-electron chi connectivity index (χ0n) is 15.4. The lowest BCUT2D eigenvalue weighted by Crippen LogP contribution is -2.01. The van der Waals surface area contributed by atoms with Crippen molar-refractivity contribution >= 4 is 46.8 Å². The molecular formula is C23H16Cl2O3S. The molecule has 1 aliphatic heterocycles. The van der Waals surface area contributed by atoms with Crippen LogP contribution in [0.25, 0.3) is 6.08 Å². The van der Waals surface area contributed by atoms with Gasteiger partial charge in [-0.1, -0.05) is 65.3 Å². The van der Waals surface area contributed by atoms with Crippen LogP contribution in [0.5, 0.6) is 11.5 Å². The Morgan fingerprint density at radius 3 is 2.62 bits per heavy atom. The maximum atomic E-state index is 12.7. The fraction of sp³-hybridized carbons (Fsp3) is 0.0870. The monoisotopic (exact) mass is 442 g/mol. The predicted molar refractivity (Wildman–Crippen MR) is 118 cm³/mol. The molecule has 0 atom stereocenters. The van der Waals surface area contributed by atoms with Gasteiger partial charge in [0, 0.05) is 31.6 Å². The molecule has 4 rings (SSSR count). The van der Waals surface area contributed by atoms with Crippen LogP contribution in [0.4, 0.5) is 0 Å². The van der Waals surface area contributed by atoms with Crippen LogP contribution in [0.1, 0.15) is 21.5 Å². The van der Waals surface area contributed by atoms with E-state index < -0.39 is 0 Å². The zero-order chi connectivity index (χ0) is 20.4. The van der Waals surface area contributed by atoms with Crippen LogP contribution in [-0.2, 0) is 6.61 Å². The van der Waals surface area contributed by atoms with Crippen LogP contribution < -0.4 is 9.47 Å². The number of thioether (sulfide) groups is 1. The number of carbonyl (C=O) groups excluding carboxylic acids is 1. The molecule has 0 amide bonds. The molecule has 6 heteroatoms. The standard InChI is InChI=1S/C23H16Cl2O3S/c1-27-19-7-4-5-14(11-21-22(26)17-6-2-3-8-20(17)29-21)23(19)28-13-15-9-10-16(24)12-18(15)25/h2-12H,13H2,1H3/b21-11+. The molecule has 3 aromatic rings. The number of Topliss-reactive ketones (excluding diaryl/α,β-unsaturated/α-hetero) is 1. The Balaban J connectivity index is 1.66. The molecule has 0 unspecified atom stereocenters. The average molecular weight is 443 g/mol. The average Bonchev–Trinajstić information content (AvgIpc) is 3.03. The summed E-state index contributed by atoms with van der Waals surface area (Å²) in [5.74, 6) is 1.15. The maximum absolute atomic E-state index is 12.7. The van der Waals surface area contributed by atoms with Crippen LogP contribution in [0.3, 0.4) is 0 Å². The first-order chi connectivity index (χ1) is 14.1. The van der Waals surface area contributed by atoms with Gasteiger partial charge in [0.2, 0.25) is 5.78 Å². The van der Waals surface area contributed by atoms with E-state index in [1.54, 1.807) is 19.2 Å².